The minimum atomic E-state index is -0.225. The molecule has 0 aliphatic rings. The Labute approximate surface area is 116 Å². The summed E-state index contributed by atoms with van der Waals surface area (Å²) in [5, 5.41) is 6.62. The van der Waals surface area contributed by atoms with Crippen LogP contribution in [0.1, 0.15) is 34.6 Å². The van der Waals surface area contributed by atoms with Crippen molar-refractivity contribution >= 4 is 17.7 Å². The van der Waals surface area contributed by atoms with Crippen LogP contribution in [0.4, 0.5) is 0 Å². The molecule has 0 fully saturated rings. The summed E-state index contributed by atoms with van der Waals surface area (Å²) >= 11 is 1.85. The van der Waals surface area contributed by atoms with Crippen LogP contribution >= 0.6 is 11.8 Å². The van der Waals surface area contributed by atoms with E-state index in [9.17, 15) is 0 Å². The molecule has 0 amide bonds. The minimum Gasteiger partial charge on any atom is -0.377 e. The van der Waals surface area contributed by atoms with Gasteiger partial charge in [-0.25, -0.2) is 0 Å². The molecule has 0 bridgehead atoms. The zero-order valence-electron chi connectivity index (χ0n) is 12.9. The number of thioether (sulfide) groups is 1. The smallest absolute Gasteiger partial charge is 0.191 e. The summed E-state index contributed by atoms with van der Waals surface area (Å²) < 4.78 is 5.57. The topological polar surface area (TPSA) is 45.7 Å². The number of hydrogen-bond acceptors (Lipinski definition) is 3. The van der Waals surface area contributed by atoms with E-state index in [1.807, 2.05) is 25.6 Å². The van der Waals surface area contributed by atoms with Crippen LogP contribution in [0, 0.1) is 0 Å². The fraction of sp³-hybridized carbons (Fsp3) is 0.923. The molecule has 0 aromatic rings. The van der Waals surface area contributed by atoms with Crippen molar-refractivity contribution in [1.82, 2.24) is 10.6 Å². The highest BCUT2D eigenvalue weighted by Crippen LogP contribution is 2.19. The lowest BCUT2D eigenvalue weighted by molar-refractivity contribution is 0.0310. The van der Waals surface area contributed by atoms with Crippen LogP contribution in [-0.4, -0.2) is 49.3 Å². The fourth-order valence-electron chi connectivity index (χ4n) is 1.04. The van der Waals surface area contributed by atoms with Gasteiger partial charge in [-0.3, -0.25) is 4.99 Å². The molecular formula is C13H29N3OS. The molecule has 0 heterocycles. The van der Waals surface area contributed by atoms with Gasteiger partial charge in [-0.1, -0.05) is 0 Å². The Bertz CT molecular complexity index is 265. The van der Waals surface area contributed by atoms with Gasteiger partial charge in [0.2, 0.25) is 0 Å². The molecule has 0 spiro atoms. The van der Waals surface area contributed by atoms with Gasteiger partial charge in [-0.05, 0) is 40.9 Å². The molecule has 0 atom stereocenters. The summed E-state index contributed by atoms with van der Waals surface area (Å²) in [5.74, 6) is 0.852. The largest absolute Gasteiger partial charge is 0.377 e. The van der Waals surface area contributed by atoms with Crippen molar-refractivity contribution in [2.75, 3.05) is 33.0 Å². The van der Waals surface area contributed by atoms with Gasteiger partial charge in [0, 0.05) is 24.9 Å². The van der Waals surface area contributed by atoms with Gasteiger partial charge >= 0.3 is 0 Å². The van der Waals surface area contributed by atoms with Crippen LogP contribution < -0.4 is 10.6 Å². The first kappa shape index (κ1) is 17.6. The number of aliphatic imine (C=N–C) groups is 1. The van der Waals surface area contributed by atoms with E-state index >= 15 is 0 Å². The van der Waals surface area contributed by atoms with Crippen molar-refractivity contribution in [3.63, 3.8) is 0 Å². The normalized spacial score (nSPS) is 13.6. The molecule has 18 heavy (non-hydrogen) atoms. The Morgan fingerprint density at radius 1 is 1.22 bits per heavy atom. The fourth-order valence-corrected chi connectivity index (χ4v) is 1.26. The predicted octanol–water partition coefficient (Wildman–Crippen LogP) is 2.11. The summed E-state index contributed by atoms with van der Waals surface area (Å²) in [5.41, 5.74) is -0.225. The lowest BCUT2D eigenvalue weighted by atomic mass is 10.1. The van der Waals surface area contributed by atoms with Gasteiger partial charge < -0.3 is 15.4 Å². The van der Waals surface area contributed by atoms with E-state index < -0.39 is 0 Å². The van der Waals surface area contributed by atoms with E-state index in [4.69, 9.17) is 4.74 Å². The monoisotopic (exact) mass is 275 g/mol. The van der Waals surface area contributed by atoms with Gasteiger partial charge in [0.15, 0.2) is 5.96 Å². The number of guanidine groups is 1. The van der Waals surface area contributed by atoms with E-state index in [2.05, 4.69) is 42.7 Å². The van der Waals surface area contributed by atoms with Gasteiger partial charge in [0.25, 0.3) is 0 Å². The maximum absolute atomic E-state index is 5.37. The molecule has 0 aromatic heterocycles. The molecule has 0 aliphatic heterocycles. The summed E-state index contributed by atoms with van der Waals surface area (Å²) in [6, 6.07) is 0. The zero-order valence-corrected chi connectivity index (χ0v) is 13.7. The highest BCUT2D eigenvalue weighted by molar-refractivity contribution is 7.99. The highest BCUT2D eigenvalue weighted by Gasteiger charge is 2.18. The number of rotatable bonds is 7. The SMILES string of the molecule is CCNC(=NCC(C)(C)OC)NCC(C)(C)SC. The predicted molar refractivity (Wildman–Crippen MR) is 82.7 cm³/mol. The summed E-state index contributed by atoms with van der Waals surface area (Å²) in [6.07, 6.45) is 2.12. The lowest BCUT2D eigenvalue weighted by Crippen LogP contribution is -2.44. The maximum atomic E-state index is 5.37. The second-order valence-corrected chi connectivity index (χ2v) is 6.99. The first-order valence-corrected chi connectivity index (χ1v) is 7.61. The van der Waals surface area contributed by atoms with E-state index in [0.29, 0.717) is 6.54 Å². The second-order valence-electron chi connectivity index (χ2n) is 5.48. The van der Waals surface area contributed by atoms with Gasteiger partial charge in [-0.15, -0.1) is 0 Å². The van der Waals surface area contributed by atoms with Gasteiger partial charge in [0.1, 0.15) is 0 Å². The molecule has 4 nitrogen and oxygen atoms in total. The molecule has 0 aliphatic carbocycles. The number of methoxy groups -OCH3 is 1. The third-order valence-corrected chi connectivity index (χ3v) is 4.00. The molecule has 0 saturated heterocycles. The molecule has 108 valence electrons. The average Bonchev–Trinajstić information content (AvgIpc) is 2.33. The van der Waals surface area contributed by atoms with Crippen LogP contribution in [0.25, 0.3) is 0 Å². The van der Waals surface area contributed by atoms with E-state index in [0.717, 1.165) is 19.0 Å². The minimum absolute atomic E-state index is 0.201. The molecule has 0 rings (SSSR count). The Balaban J connectivity index is 4.43. The first-order chi connectivity index (χ1) is 8.26. The standard InChI is InChI=1S/C13H29N3OS/c1-8-14-11(15-9-12(2,3)17-6)16-10-13(4,5)18-7/h8-10H2,1-7H3,(H2,14,15,16). The van der Waals surface area contributed by atoms with Crippen molar-refractivity contribution in [3.05, 3.63) is 0 Å². The van der Waals surface area contributed by atoms with Gasteiger partial charge in [0.05, 0.1) is 12.1 Å². The second kappa shape index (κ2) is 7.89. The van der Waals surface area contributed by atoms with Crippen molar-refractivity contribution in [2.45, 2.75) is 45.0 Å². The van der Waals surface area contributed by atoms with Crippen molar-refractivity contribution in [3.8, 4) is 0 Å². The third-order valence-electron chi connectivity index (χ3n) is 2.75. The summed E-state index contributed by atoms with van der Waals surface area (Å²) in [4.78, 5) is 4.55. The third kappa shape index (κ3) is 7.82. The summed E-state index contributed by atoms with van der Waals surface area (Å²) in [6.45, 7) is 12.9. The lowest BCUT2D eigenvalue weighted by Gasteiger charge is -2.25. The molecule has 2 N–H and O–H groups in total. The number of nitrogens with zero attached hydrogens (tertiary/aromatic N) is 1. The Hall–Kier alpha value is -0.420. The van der Waals surface area contributed by atoms with Crippen LogP contribution in [-0.2, 0) is 4.74 Å². The Kier molecular flexibility index (Phi) is 7.71. The van der Waals surface area contributed by atoms with E-state index in [1.165, 1.54) is 0 Å². The average molecular weight is 275 g/mol. The van der Waals surface area contributed by atoms with Gasteiger partial charge in [-0.2, -0.15) is 11.8 Å². The maximum Gasteiger partial charge on any atom is 0.191 e. The number of hydrogen-bond donors (Lipinski definition) is 2. The molecule has 5 heteroatoms. The number of nitrogens with one attached hydrogen (secondary N) is 2. The summed E-state index contributed by atoms with van der Waals surface area (Å²) in [7, 11) is 1.71. The van der Waals surface area contributed by atoms with Crippen LogP contribution in [0.15, 0.2) is 4.99 Å². The van der Waals surface area contributed by atoms with Crippen molar-refractivity contribution in [2.24, 2.45) is 4.99 Å². The molecule has 0 aromatic carbocycles. The zero-order chi connectivity index (χ0) is 14.2. The highest BCUT2D eigenvalue weighted by atomic mass is 32.2. The van der Waals surface area contributed by atoms with Crippen molar-refractivity contribution < 1.29 is 4.74 Å². The molecule has 0 radical (unpaired) electrons. The van der Waals surface area contributed by atoms with Crippen LogP contribution in [0.3, 0.4) is 0 Å². The Morgan fingerprint density at radius 2 is 1.83 bits per heavy atom. The molecule has 0 unspecified atom stereocenters. The van der Waals surface area contributed by atoms with Crippen molar-refractivity contribution in [1.29, 1.82) is 0 Å². The van der Waals surface area contributed by atoms with Crippen LogP contribution in [0.5, 0.6) is 0 Å². The van der Waals surface area contributed by atoms with E-state index in [1.54, 1.807) is 7.11 Å². The first-order valence-electron chi connectivity index (χ1n) is 6.39. The number of ether oxygens (including phenoxy) is 1. The quantitative estimate of drug-likeness (QED) is 0.552. The van der Waals surface area contributed by atoms with Crippen LogP contribution in [0.2, 0.25) is 0 Å². The molecular weight excluding hydrogens is 246 g/mol. The Morgan fingerprint density at radius 3 is 2.28 bits per heavy atom. The molecule has 0 saturated carbocycles. The van der Waals surface area contributed by atoms with E-state index in [-0.39, 0.29) is 10.3 Å².